The minimum atomic E-state index is -3.65. The van der Waals surface area contributed by atoms with Crippen LogP contribution in [-0.2, 0) is 21.2 Å². The topological polar surface area (TPSA) is 75.3 Å². The van der Waals surface area contributed by atoms with Crippen LogP contribution >= 0.6 is 22.9 Å². The third kappa shape index (κ3) is 5.31. The number of hydrogen-bond acceptors (Lipinski definition) is 4. The first-order valence-electron chi connectivity index (χ1n) is 6.96. The molecule has 23 heavy (non-hydrogen) atoms. The van der Waals surface area contributed by atoms with Crippen LogP contribution in [0.1, 0.15) is 12.5 Å². The maximum Gasteiger partial charge on any atom is 0.250 e. The van der Waals surface area contributed by atoms with Crippen LogP contribution in [0.25, 0.3) is 0 Å². The van der Waals surface area contributed by atoms with Crippen LogP contribution in [0.2, 0.25) is 5.02 Å². The van der Waals surface area contributed by atoms with Gasteiger partial charge in [0.2, 0.25) is 5.91 Å². The highest BCUT2D eigenvalue weighted by Gasteiger charge is 2.22. The third-order valence-electron chi connectivity index (χ3n) is 3.09. The summed E-state index contributed by atoms with van der Waals surface area (Å²) >= 11 is 7.00. The number of thiophene rings is 1. The highest BCUT2D eigenvalue weighted by atomic mass is 35.5. The Morgan fingerprint density at radius 2 is 2.09 bits per heavy atom. The zero-order chi connectivity index (χ0) is 16.9. The molecule has 0 saturated carbocycles. The summed E-state index contributed by atoms with van der Waals surface area (Å²) in [6.07, 6.45) is 0.622. The summed E-state index contributed by atoms with van der Waals surface area (Å²) < 4.78 is 26.6. The van der Waals surface area contributed by atoms with E-state index < -0.39 is 16.1 Å². The molecule has 0 fully saturated rings. The van der Waals surface area contributed by atoms with Gasteiger partial charge in [-0.15, -0.1) is 11.3 Å². The van der Waals surface area contributed by atoms with Gasteiger partial charge in [-0.05, 0) is 42.5 Å². The van der Waals surface area contributed by atoms with Crippen molar-refractivity contribution in [3.05, 3.63) is 52.4 Å². The lowest BCUT2D eigenvalue weighted by Gasteiger charge is -2.13. The van der Waals surface area contributed by atoms with E-state index in [9.17, 15) is 13.2 Å². The standard InChI is InChI=1S/C15H17ClN2O3S2/c1-11(18-23(20,21)14-6-3-9-22-14)15(19)17-8-7-12-4-2-5-13(16)10-12/h2-6,9-11,18H,7-8H2,1H3,(H,17,19). The predicted molar refractivity (Wildman–Crippen MR) is 92.3 cm³/mol. The summed E-state index contributed by atoms with van der Waals surface area (Å²) in [6.45, 7) is 1.92. The van der Waals surface area contributed by atoms with Gasteiger partial charge >= 0.3 is 0 Å². The van der Waals surface area contributed by atoms with Gasteiger partial charge in [-0.25, -0.2) is 8.42 Å². The van der Waals surface area contributed by atoms with Gasteiger partial charge in [0.05, 0.1) is 6.04 Å². The van der Waals surface area contributed by atoms with Crippen LogP contribution in [0.5, 0.6) is 0 Å². The second-order valence-electron chi connectivity index (χ2n) is 4.95. The molecule has 2 N–H and O–H groups in total. The van der Waals surface area contributed by atoms with Gasteiger partial charge in [-0.2, -0.15) is 4.72 Å². The van der Waals surface area contributed by atoms with Crippen molar-refractivity contribution in [2.24, 2.45) is 0 Å². The Bertz CT molecular complexity index is 761. The van der Waals surface area contributed by atoms with Gasteiger partial charge in [0.1, 0.15) is 4.21 Å². The monoisotopic (exact) mass is 372 g/mol. The summed E-state index contributed by atoms with van der Waals surface area (Å²) in [6, 6.07) is 9.67. The number of halogens is 1. The molecule has 1 atom stereocenters. The molecule has 0 aliphatic rings. The molecule has 0 saturated heterocycles. The van der Waals surface area contributed by atoms with Gasteiger partial charge in [0, 0.05) is 11.6 Å². The molecule has 0 spiro atoms. The molecule has 0 aliphatic heterocycles. The Morgan fingerprint density at radius 1 is 1.30 bits per heavy atom. The maximum atomic E-state index is 12.0. The van der Waals surface area contributed by atoms with E-state index in [1.165, 1.54) is 13.0 Å². The number of carbonyl (C=O) groups excluding carboxylic acids is 1. The predicted octanol–water partition coefficient (Wildman–Crippen LogP) is 2.43. The van der Waals surface area contributed by atoms with E-state index in [1.807, 2.05) is 18.2 Å². The fraction of sp³-hybridized carbons (Fsp3) is 0.267. The van der Waals surface area contributed by atoms with Crippen molar-refractivity contribution >= 4 is 38.9 Å². The van der Waals surface area contributed by atoms with E-state index >= 15 is 0 Å². The van der Waals surface area contributed by atoms with Gasteiger partial charge in [-0.3, -0.25) is 4.79 Å². The fourth-order valence-corrected chi connectivity index (χ4v) is 4.36. The SMILES string of the molecule is CC(NS(=O)(=O)c1cccs1)C(=O)NCCc1cccc(Cl)c1. The number of carbonyl (C=O) groups is 1. The van der Waals surface area contributed by atoms with Crippen molar-refractivity contribution < 1.29 is 13.2 Å². The molecular weight excluding hydrogens is 356 g/mol. The van der Waals surface area contributed by atoms with E-state index in [1.54, 1.807) is 17.5 Å². The summed E-state index contributed by atoms with van der Waals surface area (Å²) in [5, 5.41) is 5.03. The van der Waals surface area contributed by atoms with Crippen molar-refractivity contribution in [3.8, 4) is 0 Å². The molecule has 2 rings (SSSR count). The van der Waals surface area contributed by atoms with Crippen LogP contribution in [0, 0.1) is 0 Å². The van der Waals surface area contributed by atoms with Crippen LogP contribution in [0.4, 0.5) is 0 Å². The van der Waals surface area contributed by atoms with Crippen LogP contribution in [0.3, 0.4) is 0 Å². The first kappa shape index (κ1) is 17.9. The van der Waals surface area contributed by atoms with E-state index in [0.29, 0.717) is 18.0 Å². The second-order valence-corrected chi connectivity index (χ2v) is 8.27. The zero-order valence-corrected chi connectivity index (χ0v) is 14.8. The molecular formula is C15H17ClN2O3S2. The number of nitrogens with one attached hydrogen (secondary N) is 2. The molecule has 5 nitrogen and oxygen atoms in total. The summed E-state index contributed by atoms with van der Waals surface area (Å²) in [4.78, 5) is 12.0. The lowest BCUT2D eigenvalue weighted by atomic mass is 10.1. The Balaban J connectivity index is 1.83. The Labute approximate surface area is 144 Å². The Hall–Kier alpha value is -1.41. The summed E-state index contributed by atoms with van der Waals surface area (Å²) in [5.74, 6) is -0.368. The number of benzene rings is 1. The molecule has 0 aliphatic carbocycles. The van der Waals surface area contributed by atoms with Crippen molar-refractivity contribution in [1.29, 1.82) is 0 Å². The first-order chi connectivity index (χ1) is 10.9. The summed E-state index contributed by atoms with van der Waals surface area (Å²) in [5.41, 5.74) is 1.00. The van der Waals surface area contributed by atoms with Crippen LogP contribution in [-0.4, -0.2) is 26.9 Å². The molecule has 1 heterocycles. The molecule has 0 radical (unpaired) electrons. The van der Waals surface area contributed by atoms with Crippen LogP contribution in [0.15, 0.2) is 46.0 Å². The van der Waals surface area contributed by atoms with Gasteiger partial charge in [-0.1, -0.05) is 29.8 Å². The molecule has 0 bridgehead atoms. The van der Waals surface area contributed by atoms with Gasteiger partial charge < -0.3 is 5.32 Å². The highest BCUT2D eigenvalue weighted by Crippen LogP contribution is 2.15. The average Bonchev–Trinajstić information content (AvgIpc) is 3.02. The van der Waals surface area contributed by atoms with E-state index in [4.69, 9.17) is 11.6 Å². The first-order valence-corrected chi connectivity index (χ1v) is 9.70. The smallest absolute Gasteiger partial charge is 0.250 e. The number of sulfonamides is 1. The van der Waals surface area contributed by atoms with Crippen molar-refractivity contribution in [2.45, 2.75) is 23.6 Å². The molecule has 8 heteroatoms. The van der Waals surface area contributed by atoms with Gasteiger partial charge in [0.25, 0.3) is 10.0 Å². The fourth-order valence-electron chi connectivity index (χ4n) is 1.94. The molecule has 1 aromatic heterocycles. The third-order valence-corrected chi connectivity index (χ3v) is 6.26. The summed E-state index contributed by atoms with van der Waals surface area (Å²) in [7, 11) is -3.65. The molecule has 124 valence electrons. The minimum absolute atomic E-state index is 0.191. The quantitative estimate of drug-likeness (QED) is 0.783. The van der Waals surface area contributed by atoms with Crippen molar-refractivity contribution in [2.75, 3.05) is 6.54 Å². The van der Waals surface area contributed by atoms with Crippen molar-refractivity contribution in [3.63, 3.8) is 0 Å². The lowest BCUT2D eigenvalue weighted by molar-refractivity contribution is -0.122. The Morgan fingerprint density at radius 3 is 2.74 bits per heavy atom. The molecule has 1 amide bonds. The van der Waals surface area contributed by atoms with E-state index in [0.717, 1.165) is 16.9 Å². The molecule has 1 aromatic carbocycles. The lowest BCUT2D eigenvalue weighted by Crippen LogP contribution is -2.45. The van der Waals surface area contributed by atoms with E-state index in [-0.39, 0.29) is 10.1 Å². The van der Waals surface area contributed by atoms with E-state index in [2.05, 4.69) is 10.0 Å². The largest absolute Gasteiger partial charge is 0.354 e. The highest BCUT2D eigenvalue weighted by molar-refractivity contribution is 7.91. The van der Waals surface area contributed by atoms with Gasteiger partial charge in [0.15, 0.2) is 0 Å². The number of amides is 1. The second kappa shape index (κ2) is 7.92. The zero-order valence-electron chi connectivity index (χ0n) is 12.5. The van der Waals surface area contributed by atoms with Crippen LogP contribution < -0.4 is 10.0 Å². The normalized spacial score (nSPS) is 12.8. The maximum absolute atomic E-state index is 12.0. The molecule has 2 aromatic rings. The van der Waals surface area contributed by atoms with Crippen molar-refractivity contribution in [1.82, 2.24) is 10.0 Å². The number of hydrogen-bond donors (Lipinski definition) is 2. The average molecular weight is 373 g/mol. The minimum Gasteiger partial charge on any atom is -0.354 e. The number of rotatable bonds is 7. The Kier molecular flexibility index (Phi) is 6.17. The molecule has 1 unspecified atom stereocenters.